The van der Waals surface area contributed by atoms with Gasteiger partial charge in [-0.3, -0.25) is 9.59 Å². The lowest BCUT2D eigenvalue weighted by Crippen LogP contribution is -2.48. The molecule has 2 fully saturated rings. The van der Waals surface area contributed by atoms with E-state index in [1.165, 1.54) is 6.07 Å². The number of hydrogen-bond donors (Lipinski definition) is 0. The van der Waals surface area contributed by atoms with Crippen LogP contribution in [0.2, 0.25) is 0 Å². The zero-order valence-electron chi connectivity index (χ0n) is 14.8. The molecule has 2 aliphatic heterocycles. The molecule has 1 atom stereocenters. The monoisotopic (exact) mass is 344 g/mol. The Balaban J connectivity index is 1.54. The van der Waals surface area contributed by atoms with Gasteiger partial charge in [-0.25, -0.2) is 4.39 Å². The summed E-state index contributed by atoms with van der Waals surface area (Å²) < 4.78 is 13.7. The predicted molar refractivity (Wildman–Crippen MR) is 93.8 cm³/mol. The van der Waals surface area contributed by atoms with Crippen LogP contribution in [0.15, 0.2) is 12.1 Å². The van der Waals surface area contributed by atoms with Crippen LogP contribution in [0.3, 0.4) is 0 Å². The highest BCUT2D eigenvalue weighted by Gasteiger charge is 2.38. The number of fused-ring (bicyclic) bond motifs is 1. The number of hydrogen-bond acceptors (Lipinski definition) is 2. The van der Waals surface area contributed by atoms with Crippen LogP contribution in [-0.4, -0.2) is 36.3 Å². The molecule has 4 nitrogen and oxygen atoms in total. The van der Waals surface area contributed by atoms with Crippen molar-refractivity contribution in [3.05, 3.63) is 29.1 Å². The number of rotatable bonds is 2. The first-order valence-corrected chi connectivity index (χ1v) is 9.44. The minimum atomic E-state index is -0.232. The van der Waals surface area contributed by atoms with E-state index in [0.717, 1.165) is 61.9 Å². The Kier molecular flexibility index (Phi) is 4.26. The molecule has 2 heterocycles. The summed E-state index contributed by atoms with van der Waals surface area (Å²) in [4.78, 5) is 29.3. The van der Waals surface area contributed by atoms with Crippen molar-refractivity contribution in [1.29, 1.82) is 0 Å². The number of halogens is 1. The van der Waals surface area contributed by atoms with Crippen LogP contribution in [0, 0.1) is 24.6 Å². The molecule has 3 aliphatic rings. The fourth-order valence-corrected chi connectivity index (χ4v) is 4.33. The highest BCUT2D eigenvalue weighted by Crippen LogP contribution is 2.35. The van der Waals surface area contributed by atoms with Crippen molar-refractivity contribution in [3.63, 3.8) is 0 Å². The Morgan fingerprint density at radius 2 is 1.84 bits per heavy atom. The zero-order chi connectivity index (χ0) is 17.6. The highest BCUT2D eigenvalue weighted by atomic mass is 19.1. The number of anilines is 1. The fraction of sp³-hybridized carbons (Fsp3) is 0.600. The lowest BCUT2D eigenvalue weighted by Gasteiger charge is -2.37. The van der Waals surface area contributed by atoms with Gasteiger partial charge in [0, 0.05) is 31.2 Å². The number of carbonyl (C=O) groups is 2. The summed E-state index contributed by atoms with van der Waals surface area (Å²) in [6.45, 7) is 3.88. The second kappa shape index (κ2) is 6.43. The lowest BCUT2D eigenvalue weighted by molar-refractivity contribution is -0.136. The van der Waals surface area contributed by atoms with Gasteiger partial charge < -0.3 is 9.80 Å². The highest BCUT2D eigenvalue weighted by molar-refractivity contribution is 5.97. The largest absolute Gasteiger partial charge is 0.342 e. The van der Waals surface area contributed by atoms with Crippen molar-refractivity contribution >= 4 is 17.5 Å². The molecule has 0 aromatic heterocycles. The molecule has 5 heteroatoms. The molecule has 4 rings (SSSR count). The van der Waals surface area contributed by atoms with Gasteiger partial charge in [-0.1, -0.05) is 0 Å². The van der Waals surface area contributed by atoms with Crippen molar-refractivity contribution in [3.8, 4) is 0 Å². The van der Waals surface area contributed by atoms with E-state index in [4.69, 9.17) is 0 Å². The average molecular weight is 344 g/mol. The lowest BCUT2D eigenvalue weighted by atomic mass is 9.92. The van der Waals surface area contributed by atoms with Gasteiger partial charge in [-0.15, -0.1) is 0 Å². The maximum atomic E-state index is 13.7. The van der Waals surface area contributed by atoms with E-state index in [1.54, 1.807) is 6.07 Å². The van der Waals surface area contributed by atoms with Crippen LogP contribution in [0.1, 0.15) is 43.2 Å². The second-order valence-corrected chi connectivity index (χ2v) is 7.72. The van der Waals surface area contributed by atoms with Gasteiger partial charge in [0.25, 0.3) is 0 Å². The molecule has 25 heavy (non-hydrogen) atoms. The molecule has 134 valence electrons. The van der Waals surface area contributed by atoms with Crippen molar-refractivity contribution in [2.24, 2.45) is 11.8 Å². The predicted octanol–water partition coefficient (Wildman–Crippen LogP) is 3.06. The van der Waals surface area contributed by atoms with E-state index in [-0.39, 0.29) is 29.5 Å². The molecular weight excluding hydrogens is 319 g/mol. The number of benzene rings is 1. The number of likely N-dealkylation sites (tertiary alicyclic amines) is 1. The Morgan fingerprint density at radius 3 is 2.60 bits per heavy atom. The van der Waals surface area contributed by atoms with E-state index in [9.17, 15) is 14.0 Å². The summed E-state index contributed by atoms with van der Waals surface area (Å²) in [5.41, 5.74) is 2.65. The van der Waals surface area contributed by atoms with Crippen LogP contribution in [0.5, 0.6) is 0 Å². The number of aryl methyl sites for hydroxylation is 2. The minimum absolute atomic E-state index is 0.101. The zero-order valence-corrected chi connectivity index (χ0v) is 14.8. The van der Waals surface area contributed by atoms with Crippen LogP contribution in [0.25, 0.3) is 0 Å². The topological polar surface area (TPSA) is 40.6 Å². The molecule has 0 spiro atoms. The van der Waals surface area contributed by atoms with E-state index in [0.29, 0.717) is 13.1 Å². The van der Waals surface area contributed by atoms with E-state index in [2.05, 4.69) is 0 Å². The van der Waals surface area contributed by atoms with Gasteiger partial charge in [0.1, 0.15) is 5.82 Å². The number of amides is 2. The number of carbonyl (C=O) groups excluding carboxylic acids is 2. The van der Waals surface area contributed by atoms with Crippen LogP contribution in [-0.2, 0) is 16.0 Å². The van der Waals surface area contributed by atoms with Crippen molar-refractivity contribution in [2.45, 2.75) is 45.4 Å². The first-order chi connectivity index (χ1) is 12.0. The van der Waals surface area contributed by atoms with Gasteiger partial charge in [0.2, 0.25) is 11.8 Å². The molecule has 1 aliphatic carbocycles. The summed E-state index contributed by atoms with van der Waals surface area (Å²) >= 11 is 0. The Morgan fingerprint density at radius 1 is 1.04 bits per heavy atom. The Bertz CT molecular complexity index is 714. The molecule has 1 saturated carbocycles. The second-order valence-electron chi connectivity index (χ2n) is 7.72. The molecule has 2 amide bonds. The number of nitrogens with zero attached hydrogens (tertiary/aromatic N) is 2. The molecule has 1 aromatic rings. The van der Waals surface area contributed by atoms with Crippen LogP contribution < -0.4 is 4.90 Å². The quantitative estimate of drug-likeness (QED) is 0.827. The van der Waals surface area contributed by atoms with Crippen LogP contribution >= 0.6 is 0 Å². The SMILES string of the molecule is Cc1cc(F)cc2c1N(C(=O)C1CCCN(C(=O)C3CC3)C1)CCC2. The van der Waals surface area contributed by atoms with E-state index < -0.39 is 0 Å². The first-order valence-electron chi connectivity index (χ1n) is 9.44. The molecule has 1 saturated heterocycles. The van der Waals surface area contributed by atoms with Gasteiger partial charge in [-0.05, 0) is 68.7 Å². The smallest absolute Gasteiger partial charge is 0.231 e. The third kappa shape index (κ3) is 3.16. The summed E-state index contributed by atoms with van der Waals surface area (Å²) in [5.74, 6) is 0.171. The average Bonchev–Trinajstić information content (AvgIpc) is 3.45. The van der Waals surface area contributed by atoms with Gasteiger partial charge >= 0.3 is 0 Å². The summed E-state index contributed by atoms with van der Waals surface area (Å²) in [6.07, 6.45) is 5.39. The maximum absolute atomic E-state index is 13.7. The summed E-state index contributed by atoms with van der Waals surface area (Å²) in [5, 5.41) is 0. The normalized spacial score (nSPS) is 23.4. The van der Waals surface area contributed by atoms with Crippen molar-refractivity contribution in [2.75, 3.05) is 24.5 Å². The molecule has 0 radical (unpaired) electrons. The third-order valence-corrected chi connectivity index (χ3v) is 5.72. The molecule has 1 unspecified atom stereocenters. The summed E-state index contributed by atoms with van der Waals surface area (Å²) in [7, 11) is 0. The number of piperidine rings is 1. The molecule has 1 aromatic carbocycles. The van der Waals surface area contributed by atoms with Crippen molar-refractivity contribution in [1.82, 2.24) is 4.90 Å². The Hall–Kier alpha value is -1.91. The summed E-state index contributed by atoms with van der Waals surface area (Å²) in [6, 6.07) is 3.07. The molecular formula is C20H25FN2O2. The Labute approximate surface area is 148 Å². The molecule has 0 bridgehead atoms. The van der Waals surface area contributed by atoms with E-state index in [1.807, 2.05) is 16.7 Å². The maximum Gasteiger partial charge on any atom is 0.231 e. The van der Waals surface area contributed by atoms with Gasteiger partial charge in [0.15, 0.2) is 0 Å². The van der Waals surface area contributed by atoms with Gasteiger partial charge in [-0.2, -0.15) is 0 Å². The standard InChI is InChI=1S/C20H25FN2O2/c1-13-10-17(21)11-15-4-3-9-23(18(13)15)20(25)16-5-2-8-22(12-16)19(24)14-6-7-14/h10-11,14,16H,2-9,12H2,1H3. The third-order valence-electron chi connectivity index (χ3n) is 5.72. The van der Waals surface area contributed by atoms with Crippen LogP contribution in [0.4, 0.5) is 10.1 Å². The van der Waals surface area contributed by atoms with Crippen molar-refractivity contribution < 1.29 is 14.0 Å². The fourth-order valence-electron chi connectivity index (χ4n) is 4.33. The molecule has 0 N–H and O–H groups in total. The van der Waals surface area contributed by atoms with Gasteiger partial charge in [0.05, 0.1) is 5.92 Å². The minimum Gasteiger partial charge on any atom is -0.342 e. The van der Waals surface area contributed by atoms with E-state index >= 15 is 0 Å². The first kappa shape index (κ1) is 16.6.